The van der Waals surface area contributed by atoms with Gasteiger partial charge in [0, 0.05) is 20.0 Å². The molecule has 28 heavy (non-hydrogen) atoms. The van der Waals surface area contributed by atoms with Crippen molar-refractivity contribution in [1.82, 2.24) is 0 Å². The van der Waals surface area contributed by atoms with Gasteiger partial charge in [-0.05, 0) is 92.8 Å². The topological polar surface area (TPSA) is 38.7 Å². The standard InChI is InChI=1S/C25H40O3/c1-16-14-17-15-18(26)6-7-19(17)20-10-13-24(2)21(23(16)20)8-9-22(24)28-25(27-3)11-4-5-12-25/h15-16,18-23,26H,4-14H2,1-3H3/t16-,18-,19+,20-,21+,22+,23-,24+/m1/s1. The molecule has 5 aliphatic rings. The zero-order valence-electron chi connectivity index (χ0n) is 18.2. The van der Waals surface area contributed by atoms with Crippen molar-refractivity contribution in [2.75, 3.05) is 7.11 Å². The molecular formula is C25H40O3. The Morgan fingerprint density at radius 2 is 1.82 bits per heavy atom. The van der Waals surface area contributed by atoms with Crippen LogP contribution in [0.15, 0.2) is 11.6 Å². The van der Waals surface area contributed by atoms with E-state index in [2.05, 4.69) is 19.9 Å². The van der Waals surface area contributed by atoms with E-state index in [0.717, 1.165) is 48.9 Å². The van der Waals surface area contributed by atoms with Gasteiger partial charge in [-0.25, -0.2) is 0 Å². The third kappa shape index (κ3) is 2.94. The van der Waals surface area contributed by atoms with Gasteiger partial charge in [-0.2, -0.15) is 0 Å². The maximum atomic E-state index is 10.1. The first-order chi connectivity index (χ1) is 13.5. The highest BCUT2D eigenvalue weighted by molar-refractivity contribution is 5.21. The SMILES string of the molecule is COC1(O[C@H]2CC[C@H]3[C@H]4[C@H](CC[C@]23C)[C@H]2CC[C@@H](O)C=C2C[C@H]4C)CCCC1. The molecule has 0 spiro atoms. The average molecular weight is 389 g/mol. The van der Waals surface area contributed by atoms with E-state index in [4.69, 9.17) is 9.47 Å². The average Bonchev–Trinajstić information content (AvgIpc) is 3.27. The molecule has 0 aromatic carbocycles. The third-order valence-corrected chi connectivity index (χ3v) is 9.78. The van der Waals surface area contributed by atoms with E-state index in [9.17, 15) is 5.11 Å². The molecule has 0 unspecified atom stereocenters. The number of rotatable bonds is 3. The van der Waals surface area contributed by atoms with Gasteiger partial charge in [-0.3, -0.25) is 0 Å². The van der Waals surface area contributed by atoms with Gasteiger partial charge in [0.2, 0.25) is 0 Å². The molecule has 3 heteroatoms. The van der Waals surface area contributed by atoms with Crippen molar-refractivity contribution in [3.05, 3.63) is 11.6 Å². The van der Waals surface area contributed by atoms with Gasteiger partial charge in [0.1, 0.15) is 0 Å². The van der Waals surface area contributed by atoms with Crippen LogP contribution >= 0.6 is 0 Å². The van der Waals surface area contributed by atoms with Crippen LogP contribution < -0.4 is 0 Å². The molecule has 0 aromatic heterocycles. The summed E-state index contributed by atoms with van der Waals surface area (Å²) in [5.41, 5.74) is 1.91. The number of allylic oxidation sites excluding steroid dienone is 1. The van der Waals surface area contributed by atoms with Crippen molar-refractivity contribution in [2.24, 2.45) is 35.0 Å². The Morgan fingerprint density at radius 1 is 1.04 bits per heavy atom. The fourth-order valence-electron chi connectivity index (χ4n) is 8.41. The molecule has 4 fully saturated rings. The van der Waals surface area contributed by atoms with E-state index in [1.54, 1.807) is 5.57 Å². The molecular weight excluding hydrogens is 348 g/mol. The summed E-state index contributed by atoms with van der Waals surface area (Å²) in [6, 6.07) is 0. The van der Waals surface area contributed by atoms with Gasteiger partial charge in [0.15, 0.2) is 5.79 Å². The van der Waals surface area contributed by atoms with Gasteiger partial charge in [0.05, 0.1) is 12.2 Å². The maximum Gasteiger partial charge on any atom is 0.168 e. The molecule has 0 radical (unpaired) electrons. The van der Waals surface area contributed by atoms with Crippen molar-refractivity contribution >= 4 is 0 Å². The van der Waals surface area contributed by atoms with Crippen LogP contribution in [0.2, 0.25) is 0 Å². The van der Waals surface area contributed by atoms with Crippen molar-refractivity contribution in [1.29, 1.82) is 0 Å². The van der Waals surface area contributed by atoms with Crippen molar-refractivity contribution in [2.45, 2.75) is 102 Å². The van der Waals surface area contributed by atoms with Crippen LogP contribution in [0.5, 0.6) is 0 Å². The number of methoxy groups -OCH3 is 1. The van der Waals surface area contributed by atoms with E-state index in [1.807, 2.05) is 7.11 Å². The zero-order valence-corrected chi connectivity index (χ0v) is 18.2. The highest BCUT2D eigenvalue weighted by Crippen LogP contribution is 2.64. The Bertz CT molecular complexity index is 621. The molecule has 3 nitrogen and oxygen atoms in total. The number of aliphatic hydroxyl groups excluding tert-OH is 1. The van der Waals surface area contributed by atoms with Gasteiger partial charge in [-0.15, -0.1) is 0 Å². The molecule has 1 N–H and O–H groups in total. The first-order valence-corrected chi connectivity index (χ1v) is 12.1. The van der Waals surface area contributed by atoms with Crippen molar-refractivity contribution < 1.29 is 14.6 Å². The largest absolute Gasteiger partial charge is 0.389 e. The van der Waals surface area contributed by atoms with Crippen LogP contribution in [0.25, 0.3) is 0 Å². The number of hydrogen-bond acceptors (Lipinski definition) is 3. The van der Waals surface area contributed by atoms with Gasteiger partial charge >= 0.3 is 0 Å². The van der Waals surface area contributed by atoms with Crippen molar-refractivity contribution in [3.8, 4) is 0 Å². The summed E-state index contributed by atoms with van der Waals surface area (Å²) >= 11 is 0. The highest BCUT2D eigenvalue weighted by Gasteiger charge is 2.59. The Hall–Kier alpha value is -0.380. The Labute approximate surface area is 171 Å². The Kier molecular flexibility index (Phi) is 4.96. The van der Waals surface area contributed by atoms with Gasteiger partial charge in [0.25, 0.3) is 0 Å². The molecule has 0 bridgehead atoms. The smallest absolute Gasteiger partial charge is 0.168 e. The second-order valence-corrected chi connectivity index (χ2v) is 11.1. The summed E-state index contributed by atoms with van der Waals surface area (Å²) in [6.45, 7) is 5.04. The quantitative estimate of drug-likeness (QED) is 0.515. The lowest BCUT2D eigenvalue weighted by Crippen LogP contribution is -2.52. The molecule has 5 aliphatic carbocycles. The Balaban J connectivity index is 1.38. The predicted molar refractivity (Wildman–Crippen MR) is 111 cm³/mol. The van der Waals surface area contributed by atoms with Crippen LogP contribution in [-0.2, 0) is 9.47 Å². The highest BCUT2D eigenvalue weighted by atomic mass is 16.7. The van der Waals surface area contributed by atoms with E-state index < -0.39 is 0 Å². The molecule has 0 heterocycles. The summed E-state index contributed by atoms with van der Waals surface area (Å²) in [5, 5.41) is 10.1. The van der Waals surface area contributed by atoms with Crippen LogP contribution in [0.3, 0.4) is 0 Å². The number of hydrogen-bond donors (Lipinski definition) is 1. The fraction of sp³-hybridized carbons (Fsp3) is 0.920. The molecule has 158 valence electrons. The predicted octanol–water partition coefficient (Wildman–Crippen LogP) is 5.47. The Morgan fingerprint density at radius 3 is 2.57 bits per heavy atom. The fourth-order valence-corrected chi connectivity index (χ4v) is 8.41. The minimum absolute atomic E-state index is 0.190. The first kappa shape index (κ1) is 19.6. The lowest BCUT2D eigenvalue weighted by Gasteiger charge is -2.56. The maximum absolute atomic E-state index is 10.1. The molecule has 0 aromatic rings. The van der Waals surface area contributed by atoms with Gasteiger partial charge < -0.3 is 14.6 Å². The van der Waals surface area contributed by atoms with E-state index >= 15 is 0 Å². The molecule has 5 rings (SSSR count). The first-order valence-electron chi connectivity index (χ1n) is 12.1. The minimum atomic E-state index is -0.299. The summed E-state index contributed by atoms with van der Waals surface area (Å²) < 4.78 is 12.8. The van der Waals surface area contributed by atoms with Crippen LogP contribution in [0.4, 0.5) is 0 Å². The van der Waals surface area contributed by atoms with Crippen molar-refractivity contribution in [3.63, 3.8) is 0 Å². The minimum Gasteiger partial charge on any atom is -0.389 e. The number of fused-ring (bicyclic) bond motifs is 5. The summed E-state index contributed by atoms with van der Waals surface area (Å²) in [4.78, 5) is 0. The summed E-state index contributed by atoms with van der Waals surface area (Å²) in [5.74, 6) is 3.66. The van der Waals surface area contributed by atoms with Crippen LogP contribution in [0, 0.1) is 35.0 Å². The summed E-state index contributed by atoms with van der Waals surface area (Å²) in [6.07, 6.45) is 15.6. The monoisotopic (exact) mass is 388 g/mol. The number of aliphatic hydroxyl groups is 1. The summed E-state index contributed by atoms with van der Waals surface area (Å²) in [7, 11) is 1.85. The normalized spacial score (nSPS) is 49.9. The van der Waals surface area contributed by atoms with Gasteiger partial charge in [-0.1, -0.05) is 25.5 Å². The molecule has 4 saturated carbocycles. The third-order valence-electron chi connectivity index (χ3n) is 9.78. The lowest BCUT2D eigenvalue weighted by molar-refractivity contribution is -0.263. The van der Waals surface area contributed by atoms with Crippen LogP contribution in [0.1, 0.15) is 84.5 Å². The lowest BCUT2D eigenvalue weighted by atomic mass is 9.49. The zero-order chi connectivity index (χ0) is 19.5. The molecule has 0 amide bonds. The number of ether oxygens (including phenoxy) is 2. The molecule has 8 atom stereocenters. The van der Waals surface area contributed by atoms with E-state index in [-0.39, 0.29) is 11.9 Å². The molecule has 0 saturated heterocycles. The van der Waals surface area contributed by atoms with E-state index in [1.165, 1.54) is 51.4 Å². The molecule has 0 aliphatic heterocycles. The second kappa shape index (κ2) is 7.10. The van der Waals surface area contributed by atoms with E-state index in [0.29, 0.717) is 11.5 Å². The second-order valence-electron chi connectivity index (χ2n) is 11.1. The van der Waals surface area contributed by atoms with Crippen LogP contribution in [-0.4, -0.2) is 30.2 Å².